The molecule has 2 rings (SSSR count). The summed E-state index contributed by atoms with van der Waals surface area (Å²) < 4.78 is 7.28. The lowest BCUT2D eigenvalue weighted by atomic mass is 10.7. The number of ether oxygens (including phenoxy) is 1. The van der Waals surface area contributed by atoms with Crippen molar-refractivity contribution < 1.29 is 4.74 Å². The van der Waals surface area contributed by atoms with E-state index in [1.54, 1.807) is 0 Å². The van der Waals surface area contributed by atoms with Gasteiger partial charge in [0.2, 0.25) is 5.65 Å². The van der Waals surface area contributed by atoms with E-state index in [4.69, 9.17) is 10.5 Å². The van der Waals surface area contributed by atoms with Crippen LogP contribution in [0.3, 0.4) is 0 Å². The minimum absolute atomic E-state index is 0.0242. The highest BCUT2D eigenvalue weighted by Crippen LogP contribution is 2.10. The van der Waals surface area contributed by atoms with Crippen molar-refractivity contribution in [2.75, 3.05) is 6.73 Å². The Kier molecular flexibility index (Phi) is 1.89. The maximum atomic E-state index is 11.4. The molecule has 2 N–H and O–H groups in total. The first kappa shape index (κ1) is 8.63. The smallest absolute Gasteiger partial charge is 0.352 e. The Morgan fingerprint density at radius 2 is 2.43 bits per heavy atom. The number of imidazole rings is 1. The summed E-state index contributed by atoms with van der Waals surface area (Å²) in [6, 6.07) is 0. The molecule has 0 aliphatic carbocycles. The van der Waals surface area contributed by atoms with Crippen molar-refractivity contribution in [3.63, 3.8) is 0 Å². The molecule has 0 aliphatic rings. The molecule has 0 spiro atoms. The van der Waals surface area contributed by atoms with Crippen LogP contribution in [0.1, 0.15) is 0 Å². The van der Waals surface area contributed by atoms with E-state index in [2.05, 4.69) is 15.3 Å². The number of nitrogens with two attached hydrogens (primary N) is 1. The predicted octanol–water partition coefficient (Wildman–Crippen LogP) is -1.88. The van der Waals surface area contributed by atoms with E-state index >= 15 is 0 Å². The number of nitrogens with zero attached hydrogens (tertiary/aromatic N) is 5. The lowest BCUT2D eigenvalue weighted by molar-refractivity contribution is 0.321. The molecule has 14 heavy (non-hydrogen) atoms. The highest BCUT2D eigenvalue weighted by atomic mass is 16.5. The second-order valence-corrected chi connectivity index (χ2v) is 2.55. The molecule has 0 aromatic carbocycles. The van der Waals surface area contributed by atoms with Crippen molar-refractivity contribution in [1.82, 2.24) is 24.4 Å². The standard InChI is InChI=1S/C6H8N6O2/c1-11-6(13)12-3-8-5(14-2-7)4(12)9-10-11/h3H,2,7H2,1H3. The Bertz CT molecular complexity index is 515. The molecule has 0 aliphatic heterocycles. The number of aromatic nitrogens is 5. The van der Waals surface area contributed by atoms with Gasteiger partial charge in [-0.3, -0.25) is 5.73 Å². The van der Waals surface area contributed by atoms with Gasteiger partial charge in [-0.15, -0.1) is 5.10 Å². The number of rotatable bonds is 2. The maximum Gasteiger partial charge on any atom is 0.352 e. The number of fused-ring (bicyclic) bond motifs is 1. The summed E-state index contributed by atoms with van der Waals surface area (Å²) in [5, 5.41) is 7.35. The molecule has 0 radical (unpaired) electrons. The topological polar surface area (TPSA) is 100 Å². The third-order valence-corrected chi connectivity index (χ3v) is 1.69. The van der Waals surface area contributed by atoms with Gasteiger partial charge >= 0.3 is 5.69 Å². The molecule has 8 heteroatoms. The molecular weight excluding hydrogens is 188 g/mol. The largest absolute Gasteiger partial charge is 0.459 e. The molecule has 0 amide bonds. The van der Waals surface area contributed by atoms with Gasteiger partial charge in [0.1, 0.15) is 13.1 Å². The summed E-state index contributed by atoms with van der Waals surface area (Å²) in [5.74, 6) is 0.206. The van der Waals surface area contributed by atoms with Crippen LogP contribution in [0.25, 0.3) is 5.65 Å². The molecular formula is C6H8N6O2. The lowest BCUT2D eigenvalue weighted by Crippen LogP contribution is -2.27. The Balaban J connectivity index is 2.71. The molecule has 8 nitrogen and oxygen atoms in total. The van der Waals surface area contributed by atoms with E-state index in [9.17, 15) is 4.79 Å². The zero-order valence-corrected chi connectivity index (χ0v) is 7.41. The Labute approximate surface area is 77.9 Å². The fraction of sp³-hybridized carbons (Fsp3) is 0.333. The highest BCUT2D eigenvalue weighted by molar-refractivity contribution is 5.47. The third-order valence-electron chi connectivity index (χ3n) is 1.69. The zero-order valence-electron chi connectivity index (χ0n) is 7.41. The van der Waals surface area contributed by atoms with Crippen LogP contribution < -0.4 is 16.2 Å². The quantitative estimate of drug-likeness (QED) is 0.564. The normalized spacial score (nSPS) is 10.7. The Morgan fingerprint density at radius 1 is 1.64 bits per heavy atom. The first-order valence-corrected chi connectivity index (χ1v) is 3.84. The summed E-state index contributed by atoms with van der Waals surface area (Å²) in [4.78, 5) is 15.3. The molecule has 0 bridgehead atoms. The molecule has 2 heterocycles. The number of hydrogen-bond donors (Lipinski definition) is 1. The van der Waals surface area contributed by atoms with Crippen LogP contribution in [0, 0.1) is 0 Å². The summed E-state index contributed by atoms with van der Waals surface area (Å²) in [7, 11) is 1.50. The van der Waals surface area contributed by atoms with Crippen molar-refractivity contribution in [3.8, 4) is 5.88 Å². The average molecular weight is 196 g/mol. The second-order valence-electron chi connectivity index (χ2n) is 2.55. The predicted molar refractivity (Wildman–Crippen MR) is 45.7 cm³/mol. The van der Waals surface area contributed by atoms with Gasteiger partial charge in [0.05, 0.1) is 0 Å². The number of hydrogen-bond acceptors (Lipinski definition) is 6. The van der Waals surface area contributed by atoms with Crippen molar-refractivity contribution in [1.29, 1.82) is 0 Å². The minimum Gasteiger partial charge on any atom is -0.459 e. The van der Waals surface area contributed by atoms with Crippen LogP contribution in [-0.2, 0) is 7.05 Å². The summed E-state index contributed by atoms with van der Waals surface area (Å²) in [6.07, 6.45) is 1.32. The van der Waals surface area contributed by atoms with Crippen LogP contribution in [0.5, 0.6) is 5.88 Å². The molecule has 0 fully saturated rings. The van der Waals surface area contributed by atoms with Gasteiger partial charge in [-0.25, -0.2) is 9.20 Å². The van der Waals surface area contributed by atoms with Gasteiger partial charge in [-0.05, 0) is 0 Å². The van der Waals surface area contributed by atoms with Crippen LogP contribution in [0.15, 0.2) is 11.1 Å². The molecule has 0 atom stereocenters. The van der Waals surface area contributed by atoms with Crippen molar-refractivity contribution >= 4 is 5.65 Å². The SMILES string of the molecule is Cn1nnc2c(OCN)ncn2c1=O. The van der Waals surface area contributed by atoms with Crippen molar-refractivity contribution in [2.24, 2.45) is 12.8 Å². The lowest BCUT2D eigenvalue weighted by Gasteiger charge is -1.98. The zero-order chi connectivity index (χ0) is 10.1. The van der Waals surface area contributed by atoms with E-state index in [1.807, 2.05) is 0 Å². The van der Waals surface area contributed by atoms with E-state index in [-0.39, 0.29) is 23.9 Å². The molecule has 74 valence electrons. The monoisotopic (exact) mass is 196 g/mol. The van der Waals surface area contributed by atoms with E-state index in [0.717, 1.165) is 4.68 Å². The van der Waals surface area contributed by atoms with Gasteiger partial charge in [0.25, 0.3) is 5.88 Å². The first-order valence-electron chi connectivity index (χ1n) is 3.84. The van der Waals surface area contributed by atoms with Gasteiger partial charge in [-0.1, -0.05) is 5.21 Å². The van der Waals surface area contributed by atoms with Crippen molar-refractivity contribution in [3.05, 3.63) is 16.8 Å². The van der Waals surface area contributed by atoms with Crippen molar-refractivity contribution in [2.45, 2.75) is 0 Å². The van der Waals surface area contributed by atoms with E-state index < -0.39 is 0 Å². The number of aryl methyl sites for hydroxylation is 1. The summed E-state index contributed by atoms with van der Waals surface area (Å²) >= 11 is 0. The minimum atomic E-state index is -0.339. The Morgan fingerprint density at radius 3 is 3.14 bits per heavy atom. The fourth-order valence-corrected chi connectivity index (χ4v) is 1.04. The summed E-state index contributed by atoms with van der Waals surface area (Å²) in [6.45, 7) is -0.0242. The molecule has 0 unspecified atom stereocenters. The molecule has 0 saturated heterocycles. The third kappa shape index (κ3) is 1.12. The van der Waals surface area contributed by atoms with Gasteiger partial charge in [0.15, 0.2) is 0 Å². The first-order chi connectivity index (χ1) is 6.74. The van der Waals surface area contributed by atoms with Crippen LogP contribution in [0.2, 0.25) is 0 Å². The van der Waals surface area contributed by atoms with Crippen LogP contribution in [-0.4, -0.2) is 31.1 Å². The van der Waals surface area contributed by atoms with Crippen LogP contribution in [0.4, 0.5) is 0 Å². The Hall–Kier alpha value is -1.96. The summed E-state index contributed by atoms with van der Waals surface area (Å²) in [5.41, 5.74) is 5.10. The van der Waals surface area contributed by atoms with E-state index in [1.165, 1.54) is 17.8 Å². The van der Waals surface area contributed by atoms with Crippen LogP contribution >= 0.6 is 0 Å². The second kappa shape index (κ2) is 3.07. The molecule has 2 aromatic heterocycles. The van der Waals surface area contributed by atoms with Gasteiger partial charge in [0, 0.05) is 7.05 Å². The fourth-order valence-electron chi connectivity index (χ4n) is 1.04. The highest BCUT2D eigenvalue weighted by Gasteiger charge is 2.09. The van der Waals surface area contributed by atoms with E-state index in [0.29, 0.717) is 0 Å². The van der Waals surface area contributed by atoms with Gasteiger partial charge < -0.3 is 4.74 Å². The molecule has 0 saturated carbocycles. The molecule has 2 aromatic rings. The maximum absolute atomic E-state index is 11.4. The average Bonchev–Trinajstić information content (AvgIpc) is 2.57. The van der Waals surface area contributed by atoms with Gasteiger partial charge in [-0.2, -0.15) is 9.67 Å².